The van der Waals surface area contributed by atoms with Gasteiger partial charge in [-0.05, 0) is 44.0 Å². The second-order valence-corrected chi connectivity index (χ2v) is 8.66. The van der Waals surface area contributed by atoms with Gasteiger partial charge in [0.15, 0.2) is 0 Å². The van der Waals surface area contributed by atoms with Crippen molar-refractivity contribution in [3.05, 3.63) is 76.3 Å². The summed E-state index contributed by atoms with van der Waals surface area (Å²) >= 11 is 6.28. The molecule has 3 aromatic rings. The average molecular weight is 454 g/mol. The number of aryl methyl sites for hydroxylation is 1. The summed E-state index contributed by atoms with van der Waals surface area (Å²) in [4.78, 5) is 19.5. The van der Waals surface area contributed by atoms with E-state index in [9.17, 15) is 4.79 Å². The predicted octanol–water partition coefficient (Wildman–Crippen LogP) is 3.77. The number of hydrogen-bond acceptors (Lipinski definition) is 5. The summed E-state index contributed by atoms with van der Waals surface area (Å²) < 4.78 is 7.43. The lowest BCUT2D eigenvalue weighted by Crippen LogP contribution is -2.45. The van der Waals surface area contributed by atoms with Crippen LogP contribution in [-0.2, 0) is 17.8 Å². The molecule has 32 heavy (non-hydrogen) atoms. The third kappa shape index (κ3) is 5.18. The number of morpholine rings is 1. The molecule has 2 unspecified atom stereocenters. The summed E-state index contributed by atoms with van der Waals surface area (Å²) in [6.45, 7) is 9.03. The van der Waals surface area contributed by atoms with Crippen LogP contribution in [0.1, 0.15) is 41.4 Å². The van der Waals surface area contributed by atoms with Crippen molar-refractivity contribution in [2.24, 2.45) is 0 Å². The maximum absolute atomic E-state index is 12.8. The molecule has 0 bridgehead atoms. The van der Waals surface area contributed by atoms with Gasteiger partial charge in [-0.2, -0.15) is 0 Å². The number of nitrogens with one attached hydrogen (secondary N) is 1. The average Bonchev–Trinajstić information content (AvgIpc) is 3.14. The van der Waals surface area contributed by atoms with E-state index in [1.54, 1.807) is 17.7 Å². The van der Waals surface area contributed by atoms with Gasteiger partial charge in [-0.15, -0.1) is 5.10 Å². The molecule has 1 amide bonds. The molecule has 2 atom stereocenters. The lowest BCUT2D eigenvalue weighted by Gasteiger charge is -2.35. The van der Waals surface area contributed by atoms with Crippen molar-refractivity contribution in [3.63, 3.8) is 0 Å². The first-order valence-electron chi connectivity index (χ1n) is 10.8. The van der Waals surface area contributed by atoms with Crippen molar-refractivity contribution in [3.8, 4) is 5.69 Å². The van der Waals surface area contributed by atoms with Gasteiger partial charge in [-0.3, -0.25) is 9.69 Å². The van der Waals surface area contributed by atoms with Crippen LogP contribution in [-0.4, -0.2) is 50.9 Å². The number of halogens is 1. The highest BCUT2D eigenvalue weighted by molar-refractivity contribution is 6.32. The van der Waals surface area contributed by atoms with E-state index in [0.717, 1.165) is 25.2 Å². The van der Waals surface area contributed by atoms with Crippen LogP contribution in [0.25, 0.3) is 5.69 Å². The standard InChI is InChI=1S/C24H28ClN5O2/c1-16-13-29(14-17(2)32-16)15-20-9-5-4-8-19(20)12-26-24(31)23-27-18(3)30(28-23)22-11-7-6-10-21(22)25/h4-11,16-17H,12-15H2,1-3H3,(H,26,31). The van der Waals surface area contributed by atoms with Crippen LogP contribution in [0.15, 0.2) is 48.5 Å². The normalized spacial score (nSPS) is 19.1. The first kappa shape index (κ1) is 22.5. The zero-order valence-electron chi connectivity index (χ0n) is 18.6. The number of aromatic nitrogens is 3. The van der Waals surface area contributed by atoms with Crippen molar-refractivity contribution in [1.29, 1.82) is 0 Å². The summed E-state index contributed by atoms with van der Waals surface area (Å²) in [7, 11) is 0. The maximum Gasteiger partial charge on any atom is 0.291 e. The number of nitrogens with zero attached hydrogens (tertiary/aromatic N) is 4. The van der Waals surface area contributed by atoms with Gasteiger partial charge in [0.1, 0.15) is 5.82 Å². The number of benzene rings is 2. The quantitative estimate of drug-likeness (QED) is 0.615. The summed E-state index contributed by atoms with van der Waals surface area (Å²) in [6.07, 6.45) is 0.432. The molecule has 1 fully saturated rings. The minimum absolute atomic E-state index is 0.121. The van der Waals surface area contributed by atoms with Crippen LogP contribution >= 0.6 is 11.6 Å². The number of para-hydroxylation sites is 1. The molecule has 8 heteroatoms. The molecule has 1 N–H and O–H groups in total. The first-order valence-corrected chi connectivity index (χ1v) is 11.2. The fraction of sp³-hybridized carbons (Fsp3) is 0.375. The molecule has 168 valence electrons. The van der Waals surface area contributed by atoms with Gasteiger partial charge in [0.2, 0.25) is 5.82 Å². The summed E-state index contributed by atoms with van der Waals surface area (Å²) in [5.74, 6) is 0.400. The van der Waals surface area contributed by atoms with Crippen LogP contribution in [0.3, 0.4) is 0 Å². The van der Waals surface area contributed by atoms with E-state index < -0.39 is 0 Å². The molecule has 0 radical (unpaired) electrons. The topological polar surface area (TPSA) is 72.3 Å². The molecule has 2 heterocycles. The van der Waals surface area contributed by atoms with Crippen molar-refractivity contribution >= 4 is 17.5 Å². The Morgan fingerprint density at radius 1 is 1.09 bits per heavy atom. The van der Waals surface area contributed by atoms with Crippen molar-refractivity contribution in [2.45, 2.75) is 46.1 Å². The van der Waals surface area contributed by atoms with Crippen LogP contribution in [0.4, 0.5) is 0 Å². The van der Waals surface area contributed by atoms with Gasteiger partial charge in [0, 0.05) is 26.2 Å². The molecule has 7 nitrogen and oxygen atoms in total. The number of rotatable bonds is 6. The van der Waals surface area contributed by atoms with Gasteiger partial charge in [0.05, 0.1) is 22.9 Å². The summed E-state index contributed by atoms with van der Waals surface area (Å²) in [5.41, 5.74) is 2.97. The third-order valence-electron chi connectivity index (χ3n) is 5.50. The molecule has 4 rings (SSSR count). The predicted molar refractivity (Wildman–Crippen MR) is 124 cm³/mol. The number of carbonyl (C=O) groups is 1. The smallest absolute Gasteiger partial charge is 0.291 e. The Morgan fingerprint density at radius 3 is 2.47 bits per heavy atom. The monoisotopic (exact) mass is 453 g/mol. The van der Waals surface area contributed by atoms with Crippen molar-refractivity contribution in [2.75, 3.05) is 13.1 Å². The van der Waals surface area contributed by atoms with E-state index in [1.165, 1.54) is 5.56 Å². The Morgan fingerprint density at radius 2 is 1.75 bits per heavy atom. The van der Waals surface area contributed by atoms with Gasteiger partial charge in [-0.25, -0.2) is 9.67 Å². The molecule has 0 spiro atoms. The first-order chi connectivity index (χ1) is 15.4. The molecular formula is C24H28ClN5O2. The minimum atomic E-state index is -0.317. The number of amides is 1. The summed E-state index contributed by atoms with van der Waals surface area (Å²) in [5, 5.41) is 7.89. The number of hydrogen-bond donors (Lipinski definition) is 1. The second-order valence-electron chi connectivity index (χ2n) is 8.25. The summed E-state index contributed by atoms with van der Waals surface area (Å²) in [6, 6.07) is 15.5. The van der Waals surface area contributed by atoms with Gasteiger partial charge in [-0.1, -0.05) is 48.0 Å². The SMILES string of the molecule is Cc1nc(C(=O)NCc2ccccc2CN2CC(C)OC(C)C2)nn1-c1ccccc1Cl. The highest BCUT2D eigenvalue weighted by atomic mass is 35.5. The van der Waals surface area contributed by atoms with Gasteiger partial charge >= 0.3 is 0 Å². The lowest BCUT2D eigenvalue weighted by atomic mass is 10.1. The fourth-order valence-corrected chi connectivity index (χ4v) is 4.35. The molecule has 0 aliphatic carbocycles. The number of carbonyl (C=O) groups excluding carboxylic acids is 1. The number of ether oxygens (including phenoxy) is 1. The minimum Gasteiger partial charge on any atom is -0.373 e. The Kier molecular flexibility index (Phi) is 6.89. The lowest BCUT2D eigenvalue weighted by molar-refractivity contribution is -0.0705. The third-order valence-corrected chi connectivity index (χ3v) is 5.82. The highest BCUT2D eigenvalue weighted by Gasteiger charge is 2.23. The molecule has 1 aliphatic heterocycles. The van der Waals surface area contributed by atoms with E-state index in [1.807, 2.05) is 36.4 Å². The molecule has 0 saturated carbocycles. The molecule has 1 saturated heterocycles. The van der Waals surface area contributed by atoms with E-state index in [2.05, 4.69) is 40.2 Å². The van der Waals surface area contributed by atoms with Crippen molar-refractivity contribution in [1.82, 2.24) is 25.0 Å². The largest absolute Gasteiger partial charge is 0.373 e. The van der Waals surface area contributed by atoms with Gasteiger partial charge < -0.3 is 10.1 Å². The maximum atomic E-state index is 12.8. The van der Waals surface area contributed by atoms with Crippen LogP contribution in [0, 0.1) is 6.92 Å². The fourth-order valence-electron chi connectivity index (χ4n) is 4.13. The zero-order chi connectivity index (χ0) is 22.7. The van der Waals surface area contributed by atoms with Crippen LogP contribution in [0.5, 0.6) is 0 Å². The second kappa shape index (κ2) is 9.81. The molecule has 2 aromatic carbocycles. The Hall–Kier alpha value is -2.74. The Balaban J connectivity index is 1.44. The van der Waals surface area contributed by atoms with Crippen LogP contribution < -0.4 is 5.32 Å². The van der Waals surface area contributed by atoms with E-state index in [4.69, 9.17) is 16.3 Å². The van der Waals surface area contributed by atoms with E-state index in [0.29, 0.717) is 23.1 Å². The highest BCUT2D eigenvalue weighted by Crippen LogP contribution is 2.20. The molecule has 1 aliphatic rings. The van der Waals surface area contributed by atoms with E-state index in [-0.39, 0.29) is 23.9 Å². The van der Waals surface area contributed by atoms with Gasteiger partial charge in [0.25, 0.3) is 5.91 Å². The van der Waals surface area contributed by atoms with E-state index >= 15 is 0 Å². The van der Waals surface area contributed by atoms with Crippen molar-refractivity contribution < 1.29 is 9.53 Å². The Labute approximate surface area is 193 Å². The molecular weight excluding hydrogens is 426 g/mol. The Bertz CT molecular complexity index is 1090. The van der Waals surface area contributed by atoms with Crippen LogP contribution in [0.2, 0.25) is 5.02 Å². The molecule has 1 aromatic heterocycles. The zero-order valence-corrected chi connectivity index (χ0v) is 19.3.